The lowest BCUT2D eigenvalue weighted by Gasteiger charge is -2.03. The van der Waals surface area contributed by atoms with Crippen molar-refractivity contribution in [2.45, 2.75) is 16.7 Å². The van der Waals surface area contributed by atoms with Gasteiger partial charge in [0.1, 0.15) is 6.61 Å². The summed E-state index contributed by atoms with van der Waals surface area (Å²) in [6.07, 6.45) is 0. The van der Waals surface area contributed by atoms with Crippen LogP contribution in [0.5, 0.6) is 0 Å². The molecule has 0 saturated carbocycles. The van der Waals surface area contributed by atoms with E-state index in [4.69, 9.17) is 10.00 Å². The number of hydrogen-bond acceptors (Lipinski definition) is 7. The zero-order valence-electron chi connectivity index (χ0n) is 14.3. The molecule has 136 valence electrons. The Balaban J connectivity index is 1.43. The standard InChI is InChI=1S/C19H16N4O2S2/c20-10-15-7-4-8-16(9-15)13-26-19-23-22-18(27-19)21-17(24)12-25-11-14-5-2-1-3-6-14/h1-9H,11-13H2,(H,21,22,24). The first kappa shape index (κ1) is 19.0. The lowest BCUT2D eigenvalue weighted by atomic mass is 10.2. The SMILES string of the molecule is N#Cc1cccc(CSc2nnc(NC(=O)COCc3ccccc3)s2)c1. The van der Waals surface area contributed by atoms with Gasteiger partial charge in [-0.15, -0.1) is 10.2 Å². The van der Waals surface area contributed by atoms with Crippen LogP contribution in [0, 0.1) is 11.3 Å². The van der Waals surface area contributed by atoms with E-state index in [9.17, 15) is 4.79 Å². The van der Waals surface area contributed by atoms with Crippen LogP contribution < -0.4 is 5.32 Å². The van der Waals surface area contributed by atoms with E-state index in [0.717, 1.165) is 15.5 Å². The number of thioether (sulfide) groups is 1. The van der Waals surface area contributed by atoms with E-state index in [-0.39, 0.29) is 12.5 Å². The third kappa shape index (κ3) is 6.18. The number of anilines is 1. The highest BCUT2D eigenvalue weighted by atomic mass is 32.2. The predicted molar refractivity (Wildman–Crippen MR) is 105 cm³/mol. The van der Waals surface area contributed by atoms with Crippen molar-refractivity contribution < 1.29 is 9.53 Å². The van der Waals surface area contributed by atoms with Gasteiger partial charge in [-0.2, -0.15) is 5.26 Å². The molecule has 0 fully saturated rings. The molecule has 0 aliphatic heterocycles. The maximum atomic E-state index is 11.9. The van der Waals surface area contributed by atoms with Crippen LogP contribution in [0.25, 0.3) is 0 Å². The van der Waals surface area contributed by atoms with Gasteiger partial charge in [-0.1, -0.05) is 65.6 Å². The minimum absolute atomic E-state index is 0.0437. The van der Waals surface area contributed by atoms with E-state index >= 15 is 0 Å². The van der Waals surface area contributed by atoms with Gasteiger partial charge >= 0.3 is 0 Å². The van der Waals surface area contributed by atoms with E-state index in [2.05, 4.69) is 21.6 Å². The summed E-state index contributed by atoms with van der Waals surface area (Å²) < 4.78 is 6.15. The smallest absolute Gasteiger partial charge is 0.252 e. The number of carbonyl (C=O) groups excluding carboxylic acids is 1. The second-order valence-corrected chi connectivity index (χ2v) is 7.70. The zero-order chi connectivity index (χ0) is 18.9. The summed E-state index contributed by atoms with van der Waals surface area (Å²) in [4.78, 5) is 11.9. The summed E-state index contributed by atoms with van der Waals surface area (Å²) in [7, 11) is 0. The van der Waals surface area contributed by atoms with Crippen molar-refractivity contribution in [3.8, 4) is 6.07 Å². The summed E-state index contributed by atoms with van der Waals surface area (Å²) in [6, 6.07) is 19.2. The van der Waals surface area contributed by atoms with Crippen molar-refractivity contribution in [2.75, 3.05) is 11.9 Å². The molecule has 3 aromatic rings. The number of nitriles is 1. The van der Waals surface area contributed by atoms with Crippen molar-refractivity contribution in [3.63, 3.8) is 0 Å². The van der Waals surface area contributed by atoms with Crippen LogP contribution in [-0.4, -0.2) is 22.7 Å². The third-order valence-electron chi connectivity index (χ3n) is 3.42. The molecule has 1 amide bonds. The van der Waals surface area contributed by atoms with E-state index in [1.54, 1.807) is 6.07 Å². The highest BCUT2D eigenvalue weighted by Crippen LogP contribution is 2.28. The van der Waals surface area contributed by atoms with Crippen LogP contribution in [0.4, 0.5) is 5.13 Å². The van der Waals surface area contributed by atoms with E-state index in [0.29, 0.717) is 23.1 Å². The summed E-state index contributed by atoms with van der Waals surface area (Å²) in [5.74, 6) is 0.415. The molecule has 1 heterocycles. The van der Waals surface area contributed by atoms with Crippen LogP contribution in [0.2, 0.25) is 0 Å². The number of nitrogens with zero attached hydrogens (tertiary/aromatic N) is 3. The van der Waals surface area contributed by atoms with Crippen LogP contribution >= 0.6 is 23.1 Å². The van der Waals surface area contributed by atoms with Crippen LogP contribution in [-0.2, 0) is 21.9 Å². The molecule has 3 rings (SSSR count). The molecule has 0 radical (unpaired) electrons. The zero-order valence-corrected chi connectivity index (χ0v) is 15.9. The molecule has 1 aromatic heterocycles. The fourth-order valence-electron chi connectivity index (χ4n) is 2.19. The molecule has 8 heteroatoms. The molecule has 0 saturated heterocycles. The lowest BCUT2D eigenvalue weighted by Crippen LogP contribution is -2.18. The summed E-state index contributed by atoms with van der Waals surface area (Å²) >= 11 is 2.82. The minimum Gasteiger partial charge on any atom is -0.367 e. The fraction of sp³-hybridized carbons (Fsp3) is 0.158. The van der Waals surface area contributed by atoms with Gasteiger partial charge in [0.25, 0.3) is 5.91 Å². The van der Waals surface area contributed by atoms with Crippen molar-refractivity contribution in [1.82, 2.24) is 10.2 Å². The number of carbonyl (C=O) groups is 1. The molecule has 27 heavy (non-hydrogen) atoms. The number of amides is 1. The topological polar surface area (TPSA) is 87.9 Å². The maximum absolute atomic E-state index is 11.9. The normalized spacial score (nSPS) is 10.3. The van der Waals surface area contributed by atoms with Gasteiger partial charge in [0.2, 0.25) is 5.13 Å². The molecule has 0 spiro atoms. The Kier molecular flexibility index (Phi) is 6.93. The molecule has 0 bridgehead atoms. The first-order valence-electron chi connectivity index (χ1n) is 8.10. The quantitative estimate of drug-likeness (QED) is 0.459. The maximum Gasteiger partial charge on any atom is 0.252 e. The molecular formula is C19H16N4O2S2. The molecule has 0 aliphatic carbocycles. The van der Waals surface area contributed by atoms with Crippen LogP contribution in [0.15, 0.2) is 58.9 Å². The number of rotatable bonds is 8. The van der Waals surface area contributed by atoms with Crippen molar-refractivity contribution in [1.29, 1.82) is 5.26 Å². The molecule has 2 aromatic carbocycles. The second kappa shape index (κ2) is 9.83. The average molecular weight is 396 g/mol. The number of benzene rings is 2. The average Bonchev–Trinajstić information content (AvgIpc) is 3.14. The predicted octanol–water partition coefficient (Wildman–Crippen LogP) is 3.86. The Labute approximate surface area is 165 Å². The van der Waals surface area contributed by atoms with E-state index in [1.807, 2.05) is 48.5 Å². The van der Waals surface area contributed by atoms with Crippen molar-refractivity contribution >= 4 is 34.1 Å². The Morgan fingerprint density at radius 1 is 1.15 bits per heavy atom. The fourth-order valence-corrected chi connectivity index (χ4v) is 3.90. The van der Waals surface area contributed by atoms with Crippen LogP contribution in [0.1, 0.15) is 16.7 Å². The van der Waals surface area contributed by atoms with Gasteiger partial charge in [0, 0.05) is 5.75 Å². The monoisotopic (exact) mass is 396 g/mol. The Morgan fingerprint density at radius 2 is 1.96 bits per heavy atom. The number of nitrogens with one attached hydrogen (secondary N) is 1. The van der Waals surface area contributed by atoms with E-state index < -0.39 is 0 Å². The molecule has 0 aliphatic rings. The Bertz CT molecular complexity index is 938. The molecule has 6 nitrogen and oxygen atoms in total. The van der Waals surface area contributed by atoms with E-state index in [1.165, 1.54) is 23.1 Å². The summed E-state index contributed by atoms with van der Waals surface area (Å²) in [6.45, 7) is 0.338. The van der Waals surface area contributed by atoms with Gasteiger partial charge < -0.3 is 4.74 Å². The first-order chi connectivity index (χ1) is 13.2. The first-order valence-corrected chi connectivity index (χ1v) is 9.90. The van der Waals surface area contributed by atoms with Gasteiger partial charge in [-0.05, 0) is 23.3 Å². The van der Waals surface area contributed by atoms with Crippen LogP contribution in [0.3, 0.4) is 0 Å². The van der Waals surface area contributed by atoms with Gasteiger partial charge in [-0.25, -0.2) is 0 Å². The molecule has 0 unspecified atom stereocenters. The molecule has 0 atom stereocenters. The number of ether oxygens (including phenoxy) is 1. The Hall–Kier alpha value is -2.73. The summed E-state index contributed by atoms with van der Waals surface area (Å²) in [5.41, 5.74) is 2.68. The van der Waals surface area contributed by atoms with Crippen molar-refractivity contribution in [3.05, 3.63) is 71.3 Å². The third-order valence-corrected chi connectivity index (χ3v) is 5.46. The molecular weight excluding hydrogens is 380 g/mol. The lowest BCUT2D eigenvalue weighted by molar-refractivity contribution is -0.121. The summed E-state index contributed by atoms with van der Waals surface area (Å²) in [5, 5.41) is 20.1. The highest BCUT2D eigenvalue weighted by Gasteiger charge is 2.09. The van der Waals surface area contributed by atoms with Gasteiger partial charge in [0.15, 0.2) is 4.34 Å². The molecule has 1 N–H and O–H groups in total. The van der Waals surface area contributed by atoms with Gasteiger partial charge in [0.05, 0.1) is 18.2 Å². The Morgan fingerprint density at radius 3 is 2.78 bits per heavy atom. The number of aromatic nitrogens is 2. The highest BCUT2D eigenvalue weighted by molar-refractivity contribution is 8.00. The number of hydrogen-bond donors (Lipinski definition) is 1. The van der Waals surface area contributed by atoms with Gasteiger partial charge in [-0.3, -0.25) is 10.1 Å². The second-order valence-electron chi connectivity index (χ2n) is 5.50. The minimum atomic E-state index is -0.264. The largest absolute Gasteiger partial charge is 0.367 e. The van der Waals surface area contributed by atoms with Crippen molar-refractivity contribution in [2.24, 2.45) is 0 Å².